The number of aromatic amines is 1. The second-order valence-electron chi connectivity index (χ2n) is 6.37. The maximum atomic E-state index is 12.8. The minimum Gasteiger partial charge on any atom is -0.336 e. The Labute approximate surface area is 148 Å². The molecule has 6 nitrogen and oxygen atoms in total. The third kappa shape index (κ3) is 4.98. The number of H-pyrrole nitrogens is 1. The first kappa shape index (κ1) is 18.8. The van der Waals surface area contributed by atoms with E-state index in [0.29, 0.717) is 25.1 Å². The van der Waals surface area contributed by atoms with Crippen LogP contribution < -0.4 is 5.69 Å². The van der Waals surface area contributed by atoms with Crippen LogP contribution in [0.15, 0.2) is 29.3 Å². The molecule has 25 heavy (non-hydrogen) atoms. The number of hydrogen-bond acceptors (Lipinski definition) is 4. The van der Waals surface area contributed by atoms with Crippen LogP contribution in [0, 0.1) is 13.8 Å². The van der Waals surface area contributed by atoms with Crippen molar-refractivity contribution in [1.29, 1.82) is 0 Å². The summed E-state index contributed by atoms with van der Waals surface area (Å²) < 4.78 is 0. The Kier molecular flexibility index (Phi) is 6.44. The van der Waals surface area contributed by atoms with E-state index in [-0.39, 0.29) is 17.6 Å². The number of pyridine rings is 1. The lowest BCUT2D eigenvalue weighted by Gasteiger charge is -2.29. The zero-order valence-electron chi connectivity index (χ0n) is 15.4. The van der Waals surface area contributed by atoms with Crippen molar-refractivity contribution in [2.75, 3.05) is 0 Å². The Morgan fingerprint density at radius 1 is 1.36 bits per heavy atom. The molecule has 0 aliphatic rings. The molecule has 6 heteroatoms. The van der Waals surface area contributed by atoms with Crippen LogP contribution in [0.4, 0.5) is 0 Å². The third-order valence-corrected chi connectivity index (χ3v) is 4.56. The van der Waals surface area contributed by atoms with Crippen molar-refractivity contribution in [2.24, 2.45) is 0 Å². The Morgan fingerprint density at radius 2 is 2.12 bits per heavy atom. The van der Waals surface area contributed by atoms with Crippen LogP contribution in [-0.2, 0) is 17.8 Å². The molecule has 0 aliphatic heterocycles. The van der Waals surface area contributed by atoms with Crippen molar-refractivity contribution < 1.29 is 4.79 Å². The van der Waals surface area contributed by atoms with E-state index < -0.39 is 0 Å². The van der Waals surface area contributed by atoms with Crippen molar-refractivity contribution in [3.8, 4) is 0 Å². The molecule has 2 aromatic heterocycles. The van der Waals surface area contributed by atoms with E-state index >= 15 is 0 Å². The molecule has 2 heterocycles. The van der Waals surface area contributed by atoms with E-state index in [1.807, 2.05) is 30.9 Å². The first-order valence-corrected chi connectivity index (χ1v) is 8.67. The summed E-state index contributed by atoms with van der Waals surface area (Å²) in [7, 11) is 0. The van der Waals surface area contributed by atoms with Gasteiger partial charge in [-0.25, -0.2) is 4.79 Å². The number of aryl methyl sites for hydroxylation is 2. The molecule has 0 spiro atoms. The maximum absolute atomic E-state index is 12.8. The number of nitrogens with one attached hydrogen (secondary N) is 1. The second kappa shape index (κ2) is 8.55. The molecule has 134 valence electrons. The zero-order valence-corrected chi connectivity index (χ0v) is 15.4. The number of rotatable bonds is 7. The molecular formula is C19H26N4O2. The predicted octanol–water partition coefficient (Wildman–Crippen LogP) is 2.54. The average molecular weight is 342 g/mol. The molecule has 0 radical (unpaired) electrons. The summed E-state index contributed by atoms with van der Waals surface area (Å²) in [5.41, 5.74) is 3.10. The van der Waals surface area contributed by atoms with Gasteiger partial charge in [0.25, 0.3) is 0 Å². The van der Waals surface area contributed by atoms with Gasteiger partial charge in [0.05, 0.1) is 0 Å². The topological polar surface area (TPSA) is 79.0 Å². The molecule has 0 unspecified atom stereocenters. The SMILES string of the molecule is CC[C@H](C)N(Cc1cccnc1)C(=O)CCc1c(C)nc(=O)[nH]c1C. The van der Waals surface area contributed by atoms with Crippen LogP contribution in [-0.4, -0.2) is 31.8 Å². The van der Waals surface area contributed by atoms with Crippen LogP contribution in [0.5, 0.6) is 0 Å². The van der Waals surface area contributed by atoms with E-state index in [0.717, 1.165) is 23.2 Å². The smallest absolute Gasteiger partial charge is 0.336 e. The van der Waals surface area contributed by atoms with Gasteiger partial charge in [0.2, 0.25) is 5.91 Å². The van der Waals surface area contributed by atoms with Gasteiger partial charge in [-0.1, -0.05) is 13.0 Å². The van der Waals surface area contributed by atoms with Crippen LogP contribution in [0.25, 0.3) is 0 Å². The summed E-state index contributed by atoms with van der Waals surface area (Å²) in [4.78, 5) is 36.9. The van der Waals surface area contributed by atoms with Crippen molar-refractivity contribution in [3.05, 3.63) is 57.5 Å². The lowest BCUT2D eigenvalue weighted by atomic mass is 10.1. The number of carbonyl (C=O) groups excluding carboxylic acids is 1. The first-order chi connectivity index (χ1) is 11.9. The highest BCUT2D eigenvalue weighted by atomic mass is 16.2. The lowest BCUT2D eigenvalue weighted by Crippen LogP contribution is -2.38. The quantitative estimate of drug-likeness (QED) is 0.838. The van der Waals surface area contributed by atoms with E-state index in [9.17, 15) is 9.59 Å². The summed E-state index contributed by atoms with van der Waals surface area (Å²) in [6.45, 7) is 8.35. The van der Waals surface area contributed by atoms with Crippen LogP contribution in [0.3, 0.4) is 0 Å². The van der Waals surface area contributed by atoms with Crippen LogP contribution in [0.1, 0.15) is 49.2 Å². The van der Waals surface area contributed by atoms with Gasteiger partial charge in [0.15, 0.2) is 0 Å². The van der Waals surface area contributed by atoms with E-state index in [4.69, 9.17) is 0 Å². The molecule has 1 N–H and O–H groups in total. The first-order valence-electron chi connectivity index (χ1n) is 8.67. The summed E-state index contributed by atoms with van der Waals surface area (Å²) in [5, 5.41) is 0. The highest BCUT2D eigenvalue weighted by Crippen LogP contribution is 2.15. The van der Waals surface area contributed by atoms with Crippen molar-refractivity contribution in [2.45, 2.75) is 59.5 Å². The summed E-state index contributed by atoms with van der Waals surface area (Å²) in [5.74, 6) is 0.100. The van der Waals surface area contributed by atoms with Crippen LogP contribution >= 0.6 is 0 Å². The largest absolute Gasteiger partial charge is 0.345 e. The number of hydrogen-bond donors (Lipinski definition) is 1. The Morgan fingerprint density at radius 3 is 2.72 bits per heavy atom. The van der Waals surface area contributed by atoms with Gasteiger partial charge in [-0.2, -0.15) is 4.98 Å². The third-order valence-electron chi connectivity index (χ3n) is 4.56. The molecule has 0 aromatic carbocycles. The monoisotopic (exact) mass is 342 g/mol. The zero-order chi connectivity index (χ0) is 18.4. The van der Waals surface area contributed by atoms with E-state index in [1.54, 1.807) is 12.4 Å². The van der Waals surface area contributed by atoms with Crippen molar-refractivity contribution in [1.82, 2.24) is 19.9 Å². The van der Waals surface area contributed by atoms with E-state index in [2.05, 4.69) is 28.8 Å². The normalized spacial score (nSPS) is 12.0. The molecule has 1 atom stereocenters. The van der Waals surface area contributed by atoms with E-state index in [1.165, 1.54) is 0 Å². The number of amides is 1. The highest BCUT2D eigenvalue weighted by molar-refractivity contribution is 5.76. The van der Waals surface area contributed by atoms with Crippen molar-refractivity contribution in [3.63, 3.8) is 0 Å². The summed E-state index contributed by atoms with van der Waals surface area (Å²) in [6, 6.07) is 4.02. The molecule has 0 aliphatic carbocycles. The highest BCUT2D eigenvalue weighted by Gasteiger charge is 2.20. The summed E-state index contributed by atoms with van der Waals surface area (Å²) in [6.07, 6.45) is 5.38. The van der Waals surface area contributed by atoms with Gasteiger partial charge in [0.1, 0.15) is 0 Å². The van der Waals surface area contributed by atoms with Crippen LogP contribution in [0.2, 0.25) is 0 Å². The molecule has 0 bridgehead atoms. The maximum Gasteiger partial charge on any atom is 0.345 e. The fourth-order valence-electron chi connectivity index (χ4n) is 2.90. The van der Waals surface area contributed by atoms with Gasteiger partial charge < -0.3 is 9.88 Å². The standard InChI is InChI=1S/C19H26N4O2/c1-5-13(2)23(12-16-7-6-10-20-11-16)18(24)9-8-17-14(3)21-19(25)22-15(17)4/h6-7,10-11,13H,5,8-9,12H2,1-4H3,(H,21,22,25)/t13-/m0/s1. The van der Waals surface area contributed by atoms with Gasteiger partial charge in [-0.05, 0) is 50.8 Å². The number of carbonyl (C=O) groups is 1. The molecule has 0 saturated carbocycles. The Hall–Kier alpha value is -2.50. The fourth-order valence-corrected chi connectivity index (χ4v) is 2.90. The summed E-state index contributed by atoms with van der Waals surface area (Å²) >= 11 is 0. The second-order valence-corrected chi connectivity index (χ2v) is 6.37. The van der Waals surface area contributed by atoms with Gasteiger partial charge in [0, 0.05) is 42.8 Å². The van der Waals surface area contributed by atoms with Gasteiger partial charge in [-0.3, -0.25) is 9.78 Å². The molecule has 1 amide bonds. The molecule has 0 fully saturated rings. The minimum absolute atomic E-state index is 0.100. The van der Waals surface area contributed by atoms with Gasteiger partial charge in [-0.15, -0.1) is 0 Å². The minimum atomic E-state index is -0.345. The molecule has 2 aromatic rings. The number of aromatic nitrogens is 3. The van der Waals surface area contributed by atoms with Crippen molar-refractivity contribution >= 4 is 5.91 Å². The average Bonchev–Trinajstić information content (AvgIpc) is 2.58. The molecule has 0 saturated heterocycles. The molecular weight excluding hydrogens is 316 g/mol. The fraction of sp³-hybridized carbons (Fsp3) is 0.474. The Bertz CT molecular complexity index is 744. The predicted molar refractivity (Wildman–Crippen MR) is 97.2 cm³/mol. The lowest BCUT2D eigenvalue weighted by molar-refractivity contribution is -0.134. The number of nitrogens with zero attached hydrogens (tertiary/aromatic N) is 3. The van der Waals surface area contributed by atoms with Gasteiger partial charge >= 0.3 is 5.69 Å². The Balaban J connectivity index is 2.11. The molecule has 2 rings (SSSR count).